The molecule has 92 valence electrons. The van der Waals surface area contributed by atoms with E-state index >= 15 is 0 Å². The van der Waals surface area contributed by atoms with Crippen LogP contribution in [0.1, 0.15) is 30.8 Å². The maximum atomic E-state index is 5.71. The van der Waals surface area contributed by atoms with Gasteiger partial charge in [0.25, 0.3) is 0 Å². The number of rotatable bonds is 6. The molecule has 1 heterocycles. The summed E-state index contributed by atoms with van der Waals surface area (Å²) in [4.78, 5) is 2.40. The minimum Gasteiger partial charge on any atom is -0.326 e. The van der Waals surface area contributed by atoms with E-state index in [0.717, 1.165) is 31.9 Å². The van der Waals surface area contributed by atoms with Gasteiger partial charge in [0, 0.05) is 24.3 Å². The average molecular weight is 224 g/mol. The first-order valence-corrected chi connectivity index (χ1v) is 6.09. The van der Waals surface area contributed by atoms with Gasteiger partial charge < -0.3 is 10.6 Å². The molecular weight excluding hydrogens is 200 g/mol. The summed E-state index contributed by atoms with van der Waals surface area (Å²) in [7, 11) is 0. The third-order valence-corrected chi connectivity index (χ3v) is 3.26. The lowest BCUT2D eigenvalue weighted by Gasteiger charge is -2.18. The molecule has 0 saturated heterocycles. The predicted octanol–water partition coefficient (Wildman–Crippen LogP) is 1.30. The number of aromatic nitrogens is 2. The molecular formula is C12H24N4. The monoisotopic (exact) mass is 224 g/mol. The van der Waals surface area contributed by atoms with E-state index in [9.17, 15) is 0 Å². The third kappa shape index (κ3) is 2.83. The molecule has 0 aliphatic heterocycles. The molecule has 0 unspecified atom stereocenters. The van der Waals surface area contributed by atoms with Crippen LogP contribution in [0.15, 0.2) is 0 Å². The molecule has 1 aromatic heterocycles. The highest BCUT2D eigenvalue weighted by Gasteiger charge is 2.10. The number of nitrogens with zero attached hydrogens (tertiary/aromatic N) is 3. The van der Waals surface area contributed by atoms with Crippen molar-refractivity contribution in [2.45, 2.75) is 40.8 Å². The van der Waals surface area contributed by atoms with Crippen molar-refractivity contribution in [3.05, 3.63) is 17.0 Å². The quantitative estimate of drug-likeness (QED) is 0.792. The van der Waals surface area contributed by atoms with Gasteiger partial charge in [0.15, 0.2) is 0 Å². The predicted molar refractivity (Wildman–Crippen MR) is 67.4 cm³/mol. The van der Waals surface area contributed by atoms with Crippen LogP contribution in [0.5, 0.6) is 0 Å². The van der Waals surface area contributed by atoms with Crippen molar-refractivity contribution in [1.29, 1.82) is 0 Å². The smallest absolute Gasteiger partial charge is 0.0641 e. The maximum absolute atomic E-state index is 5.71. The molecule has 0 amide bonds. The Bertz CT molecular complexity index is 326. The Labute approximate surface area is 98.4 Å². The van der Waals surface area contributed by atoms with Crippen LogP contribution >= 0.6 is 0 Å². The second kappa shape index (κ2) is 6.01. The van der Waals surface area contributed by atoms with Crippen LogP contribution in [-0.4, -0.2) is 34.3 Å². The van der Waals surface area contributed by atoms with Gasteiger partial charge >= 0.3 is 0 Å². The molecule has 2 N–H and O–H groups in total. The summed E-state index contributed by atoms with van der Waals surface area (Å²) in [5.74, 6) is 0. The maximum Gasteiger partial charge on any atom is 0.0641 e. The van der Waals surface area contributed by atoms with Gasteiger partial charge in [0.05, 0.1) is 12.2 Å². The number of hydrogen-bond donors (Lipinski definition) is 1. The average Bonchev–Trinajstić information content (AvgIpc) is 2.55. The van der Waals surface area contributed by atoms with Crippen LogP contribution in [0.4, 0.5) is 0 Å². The molecule has 1 aromatic rings. The molecule has 0 radical (unpaired) electrons. The lowest BCUT2D eigenvalue weighted by atomic mass is 10.2. The van der Waals surface area contributed by atoms with Gasteiger partial charge in [-0.25, -0.2) is 0 Å². The van der Waals surface area contributed by atoms with Gasteiger partial charge in [-0.3, -0.25) is 4.68 Å². The normalized spacial score (nSPS) is 11.4. The van der Waals surface area contributed by atoms with Gasteiger partial charge in [0.2, 0.25) is 0 Å². The van der Waals surface area contributed by atoms with Crippen molar-refractivity contribution in [3.63, 3.8) is 0 Å². The zero-order valence-electron chi connectivity index (χ0n) is 11.0. The van der Waals surface area contributed by atoms with E-state index < -0.39 is 0 Å². The highest BCUT2D eigenvalue weighted by atomic mass is 15.3. The van der Waals surface area contributed by atoms with Crippen LogP contribution < -0.4 is 5.73 Å². The van der Waals surface area contributed by atoms with E-state index in [1.165, 1.54) is 11.3 Å². The van der Waals surface area contributed by atoms with Crippen LogP contribution in [0, 0.1) is 13.8 Å². The summed E-state index contributed by atoms with van der Waals surface area (Å²) >= 11 is 0. The van der Waals surface area contributed by atoms with E-state index in [-0.39, 0.29) is 0 Å². The van der Waals surface area contributed by atoms with Crippen molar-refractivity contribution in [1.82, 2.24) is 14.7 Å². The fourth-order valence-corrected chi connectivity index (χ4v) is 2.02. The van der Waals surface area contributed by atoms with E-state index in [1.807, 2.05) is 6.92 Å². The summed E-state index contributed by atoms with van der Waals surface area (Å²) in [6.45, 7) is 13.3. The summed E-state index contributed by atoms with van der Waals surface area (Å²) in [6, 6.07) is 0. The number of hydrogen-bond acceptors (Lipinski definition) is 3. The van der Waals surface area contributed by atoms with Gasteiger partial charge in [-0.05, 0) is 26.9 Å². The largest absolute Gasteiger partial charge is 0.326 e. The summed E-state index contributed by atoms with van der Waals surface area (Å²) in [5.41, 5.74) is 9.19. The molecule has 1 rings (SSSR count). The third-order valence-electron chi connectivity index (χ3n) is 3.26. The minimum atomic E-state index is 0.586. The molecule has 0 aliphatic rings. The Hall–Kier alpha value is -0.870. The Morgan fingerprint density at radius 3 is 2.31 bits per heavy atom. The topological polar surface area (TPSA) is 47.1 Å². The molecule has 4 nitrogen and oxygen atoms in total. The molecule has 0 aromatic carbocycles. The van der Waals surface area contributed by atoms with Crippen molar-refractivity contribution >= 4 is 0 Å². The van der Waals surface area contributed by atoms with Gasteiger partial charge in [-0.2, -0.15) is 5.10 Å². The summed E-state index contributed by atoms with van der Waals surface area (Å²) in [6.07, 6.45) is 0. The van der Waals surface area contributed by atoms with Gasteiger partial charge in [-0.1, -0.05) is 13.8 Å². The molecule has 0 saturated carbocycles. The zero-order chi connectivity index (χ0) is 12.1. The summed E-state index contributed by atoms with van der Waals surface area (Å²) in [5, 5.41) is 4.53. The molecule has 0 bridgehead atoms. The Morgan fingerprint density at radius 1 is 1.25 bits per heavy atom. The lowest BCUT2D eigenvalue weighted by molar-refractivity contribution is 0.284. The van der Waals surface area contributed by atoms with Gasteiger partial charge in [0.1, 0.15) is 0 Å². The van der Waals surface area contributed by atoms with Crippen LogP contribution in [0.3, 0.4) is 0 Å². The molecule has 4 heteroatoms. The first kappa shape index (κ1) is 13.2. The minimum absolute atomic E-state index is 0.586. The molecule has 0 atom stereocenters. The summed E-state index contributed by atoms with van der Waals surface area (Å²) < 4.78 is 2.08. The highest BCUT2D eigenvalue weighted by Crippen LogP contribution is 2.11. The molecule has 16 heavy (non-hydrogen) atoms. The van der Waals surface area contributed by atoms with E-state index in [0.29, 0.717) is 6.54 Å². The van der Waals surface area contributed by atoms with Crippen molar-refractivity contribution < 1.29 is 0 Å². The molecule has 0 aliphatic carbocycles. The van der Waals surface area contributed by atoms with E-state index in [4.69, 9.17) is 5.73 Å². The van der Waals surface area contributed by atoms with Crippen LogP contribution in [0.25, 0.3) is 0 Å². The van der Waals surface area contributed by atoms with Crippen LogP contribution in [0.2, 0.25) is 0 Å². The van der Waals surface area contributed by atoms with Crippen molar-refractivity contribution in [3.8, 4) is 0 Å². The second-order valence-electron chi connectivity index (χ2n) is 4.10. The van der Waals surface area contributed by atoms with Crippen molar-refractivity contribution in [2.75, 3.05) is 19.6 Å². The van der Waals surface area contributed by atoms with Crippen molar-refractivity contribution in [2.24, 2.45) is 5.73 Å². The highest BCUT2D eigenvalue weighted by molar-refractivity contribution is 5.23. The Kier molecular flexibility index (Phi) is 4.96. The fraction of sp³-hybridized carbons (Fsp3) is 0.750. The standard InChI is InChI=1S/C12H24N4/c1-5-15(6-2)7-8-16-11(4)12(9-13)10(3)14-16/h5-9,13H2,1-4H3. The SMILES string of the molecule is CCN(CC)CCn1nc(C)c(CN)c1C. The molecule has 0 spiro atoms. The van der Waals surface area contributed by atoms with Gasteiger partial charge in [-0.15, -0.1) is 0 Å². The Morgan fingerprint density at radius 2 is 1.88 bits per heavy atom. The first-order valence-electron chi connectivity index (χ1n) is 6.09. The molecule has 0 fully saturated rings. The number of likely N-dealkylation sites (N-methyl/N-ethyl adjacent to an activating group) is 1. The van der Waals surface area contributed by atoms with Crippen LogP contribution in [-0.2, 0) is 13.1 Å². The first-order chi connectivity index (χ1) is 7.63. The van der Waals surface area contributed by atoms with E-state index in [2.05, 4.69) is 35.5 Å². The lowest BCUT2D eigenvalue weighted by Crippen LogP contribution is -2.27. The fourth-order valence-electron chi connectivity index (χ4n) is 2.02. The second-order valence-corrected chi connectivity index (χ2v) is 4.10. The number of aryl methyl sites for hydroxylation is 1. The Balaban J connectivity index is 2.67. The van der Waals surface area contributed by atoms with E-state index in [1.54, 1.807) is 0 Å². The zero-order valence-corrected chi connectivity index (χ0v) is 11.0. The number of nitrogens with two attached hydrogens (primary N) is 1.